The van der Waals surface area contributed by atoms with Gasteiger partial charge in [0.25, 0.3) is 0 Å². The molecule has 8 nitrogen and oxygen atoms in total. The average Bonchev–Trinajstić information content (AvgIpc) is 2.93. The van der Waals surface area contributed by atoms with Crippen molar-refractivity contribution >= 4 is 19.8 Å². The number of hydrogen-bond acceptors (Lipinski definition) is 6. The van der Waals surface area contributed by atoms with Crippen molar-refractivity contribution in [3.05, 3.63) is 12.2 Å². The van der Waals surface area contributed by atoms with E-state index in [1.54, 1.807) is 0 Å². The van der Waals surface area contributed by atoms with Gasteiger partial charge in [-0.25, -0.2) is 4.57 Å². The Balaban J connectivity index is 4.00. The highest BCUT2D eigenvalue weighted by Gasteiger charge is 2.22. The summed E-state index contributed by atoms with van der Waals surface area (Å²) in [7, 11) is -4.74. The predicted molar refractivity (Wildman–Crippen MR) is 166 cm³/mol. The number of unbranched alkanes of at least 4 members (excludes halogenated alkanes) is 18. The molecular weight excluding hydrogens is 543 g/mol. The number of hydrogen-bond donors (Lipinski definition) is 2. The number of esters is 2. The number of ether oxygens (including phenoxy) is 2. The Morgan fingerprint density at radius 2 is 1.02 bits per heavy atom. The standard InChI is InChI=1S/C32H61O8P/c1-3-5-7-9-11-13-14-15-16-17-19-20-22-24-26-31(33)38-28-30(29-39-41(35,36)37)40-32(34)27-25-23-21-18-12-10-8-6-4-2/h14-15,30H,3-13,16-29H2,1-2H3,(H2,35,36,37)/b15-14-/t30-/m1/s1. The summed E-state index contributed by atoms with van der Waals surface area (Å²) in [4.78, 5) is 42.4. The highest BCUT2D eigenvalue weighted by atomic mass is 31.2. The van der Waals surface area contributed by atoms with Gasteiger partial charge in [-0.15, -0.1) is 0 Å². The van der Waals surface area contributed by atoms with Crippen LogP contribution in [0.4, 0.5) is 0 Å². The first-order valence-corrected chi connectivity index (χ1v) is 18.0. The summed E-state index contributed by atoms with van der Waals surface area (Å²) in [6, 6.07) is 0. The van der Waals surface area contributed by atoms with Crippen LogP contribution in [-0.4, -0.2) is 41.0 Å². The molecule has 0 aliphatic carbocycles. The van der Waals surface area contributed by atoms with Crippen LogP contribution in [0, 0.1) is 0 Å². The largest absolute Gasteiger partial charge is 0.469 e. The van der Waals surface area contributed by atoms with Crippen molar-refractivity contribution in [3.8, 4) is 0 Å². The van der Waals surface area contributed by atoms with Gasteiger partial charge < -0.3 is 19.3 Å². The van der Waals surface area contributed by atoms with E-state index < -0.39 is 32.5 Å². The molecule has 2 N–H and O–H groups in total. The van der Waals surface area contributed by atoms with Gasteiger partial charge in [0.2, 0.25) is 0 Å². The Morgan fingerprint density at radius 3 is 1.49 bits per heavy atom. The van der Waals surface area contributed by atoms with E-state index in [2.05, 4.69) is 30.5 Å². The molecule has 1 atom stereocenters. The number of allylic oxidation sites excluding steroid dienone is 2. The van der Waals surface area contributed by atoms with E-state index in [1.165, 1.54) is 70.6 Å². The molecule has 0 aromatic carbocycles. The zero-order valence-corrected chi connectivity index (χ0v) is 27.1. The maximum Gasteiger partial charge on any atom is 0.469 e. The molecule has 0 saturated heterocycles. The van der Waals surface area contributed by atoms with E-state index in [0.29, 0.717) is 12.8 Å². The third kappa shape index (κ3) is 31.6. The van der Waals surface area contributed by atoms with Crippen LogP contribution in [-0.2, 0) is 28.2 Å². The third-order valence-corrected chi connectivity index (χ3v) is 7.52. The van der Waals surface area contributed by atoms with E-state index in [4.69, 9.17) is 19.3 Å². The minimum atomic E-state index is -4.74. The van der Waals surface area contributed by atoms with Gasteiger partial charge in [-0.05, 0) is 38.5 Å². The van der Waals surface area contributed by atoms with Gasteiger partial charge in [-0.3, -0.25) is 14.1 Å². The Kier molecular flexibility index (Phi) is 28.0. The second-order valence-electron chi connectivity index (χ2n) is 11.1. The molecule has 41 heavy (non-hydrogen) atoms. The zero-order chi connectivity index (χ0) is 30.4. The predicted octanol–water partition coefficient (Wildman–Crippen LogP) is 9.12. The lowest BCUT2D eigenvalue weighted by atomic mass is 10.1. The van der Waals surface area contributed by atoms with E-state index in [9.17, 15) is 14.2 Å². The molecule has 9 heteroatoms. The van der Waals surface area contributed by atoms with Crippen LogP contribution in [0.3, 0.4) is 0 Å². The number of carbonyl (C=O) groups excluding carboxylic acids is 2. The highest BCUT2D eigenvalue weighted by molar-refractivity contribution is 7.46. The van der Waals surface area contributed by atoms with Crippen molar-refractivity contribution in [3.63, 3.8) is 0 Å². The molecule has 0 unspecified atom stereocenters. The topological polar surface area (TPSA) is 119 Å². The summed E-state index contributed by atoms with van der Waals surface area (Å²) in [5.41, 5.74) is 0. The first-order chi connectivity index (χ1) is 19.8. The van der Waals surface area contributed by atoms with E-state index in [1.807, 2.05) is 0 Å². The van der Waals surface area contributed by atoms with E-state index in [0.717, 1.165) is 51.4 Å². The van der Waals surface area contributed by atoms with E-state index in [-0.39, 0.29) is 19.4 Å². The molecule has 242 valence electrons. The molecule has 0 aliphatic heterocycles. The number of phosphoric acid groups is 1. The summed E-state index contributed by atoms with van der Waals surface area (Å²) < 4.78 is 26.1. The molecule has 0 rings (SSSR count). The fourth-order valence-corrected chi connectivity index (χ4v) is 4.90. The summed E-state index contributed by atoms with van der Waals surface area (Å²) >= 11 is 0. The maximum absolute atomic E-state index is 12.2. The molecule has 0 spiro atoms. The third-order valence-electron chi connectivity index (χ3n) is 7.03. The van der Waals surface area contributed by atoms with Crippen molar-refractivity contribution in [1.29, 1.82) is 0 Å². The average molecular weight is 605 g/mol. The van der Waals surface area contributed by atoms with Gasteiger partial charge in [0.1, 0.15) is 6.61 Å². The van der Waals surface area contributed by atoms with Crippen LogP contribution in [0.25, 0.3) is 0 Å². The molecule has 0 bridgehead atoms. The second-order valence-corrected chi connectivity index (χ2v) is 12.4. The quantitative estimate of drug-likeness (QED) is 0.0360. The van der Waals surface area contributed by atoms with Crippen molar-refractivity contribution in [2.75, 3.05) is 13.2 Å². The SMILES string of the molecule is CCCCCCC/C=C\CCCCCCCC(=O)OC[C@H](COP(=O)(O)O)OC(=O)CCCCCCCCCCC. The Morgan fingerprint density at radius 1 is 0.610 bits per heavy atom. The summed E-state index contributed by atoms with van der Waals surface area (Å²) in [6.07, 6.45) is 28.0. The van der Waals surface area contributed by atoms with Gasteiger partial charge in [0, 0.05) is 12.8 Å². The second kappa shape index (κ2) is 28.9. The fourth-order valence-electron chi connectivity index (χ4n) is 4.54. The lowest BCUT2D eigenvalue weighted by Gasteiger charge is -2.18. The molecule has 0 radical (unpaired) electrons. The van der Waals surface area contributed by atoms with Crippen molar-refractivity contribution in [1.82, 2.24) is 0 Å². The van der Waals surface area contributed by atoms with Crippen LogP contribution in [0.1, 0.15) is 162 Å². The molecular formula is C32H61O8P. The Labute approximate surface area is 250 Å². The monoisotopic (exact) mass is 604 g/mol. The fraction of sp³-hybridized carbons (Fsp3) is 0.875. The smallest absolute Gasteiger partial charge is 0.462 e. The van der Waals surface area contributed by atoms with Gasteiger partial charge in [-0.1, -0.05) is 122 Å². The van der Waals surface area contributed by atoms with Gasteiger partial charge in [0.05, 0.1) is 6.61 Å². The van der Waals surface area contributed by atoms with Crippen molar-refractivity contribution in [2.24, 2.45) is 0 Å². The van der Waals surface area contributed by atoms with E-state index >= 15 is 0 Å². The molecule has 0 aromatic heterocycles. The van der Waals surface area contributed by atoms with Crippen LogP contribution in [0.15, 0.2) is 12.2 Å². The van der Waals surface area contributed by atoms with Crippen LogP contribution in [0.5, 0.6) is 0 Å². The first-order valence-electron chi connectivity index (χ1n) is 16.5. The number of rotatable bonds is 30. The molecule has 0 amide bonds. The lowest BCUT2D eigenvalue weighted by Crippen LogP contribution is -2.29. The van der Waals surface area contributed by atoms with Gasteiger partial charge in [0.15, 0.2) is 6.10 Å². The Hall–Kier alpha value is -1.21. The summed E-state index contributed by atoms with van der Waals surface area (Å²) in [5.74, 6) is -0.895. The van der Waals surface area contributed by atoms with Crippen LogP contribution < -0.4 is 0 Å². The Bertz CT molecular complexity index is 691. The highest BCUT2D eigenvalue weighted by Crippen LogP contribution is 2.35. The lowest BCUT2D eigenvalue weighted by molar-refractivity contribution is -0.161. The molecule has 0 fully saturated rings. The summed E-state index contributed by atoms with van der Waals surface area (Å²) in [6.45, 7) is 3.62. The number of phosphoric ester groups is 1. The van der Waals surface area contributed by atoms with Gasteiger partial charge >= 0.3 is 19.8 Å². The normalized spacial score (nSPS) is 12.6. The number of carbonyl (C=O) groups is 2. The van der Waals surface area contributed by atoms with Crippen LogP contribution in [0.2, 0.25) is 0 Å². The van der Waals surface area contributed by atoms with Crippen LogP contribution >= 0.6 is 7.82 Å². The minimum absolute atomic E-state index is 0.213. The van der Waals surface area contributed by atoms with Crippen molar-refractivity contribution < 1.29 is 37.9 Å². The first kappa shape index (κ1) is 39.8. The molecule has 0 aliphatic rings. The van der Waals surface area contributed by atoms with Gasteiger partial charge in [-0.2, -0.15) is 0 Å². The zero-order valence-electron chi connectivity index (χ0n) is 26.2. The minimum Gasteiger partial charge on any atom is -0.462 e. The molecule has 0 saturated carbocycles. The summed E-state index contributed by atoms with van der Waals surface area (Å²) in [5, 5.41) is 0. The van der Waals surface area contributed by atoms with Crippen molar-refractivity contribution in [2.45, 2.75) is 168 Å². The molecule has 0 heterocycles. The molecule has 0 aromatic rings. The maximum atomic E-state index is 12.2.